The van der Waals surface area contributed by atoms with Crippen molar-refractivity contribution in [1.29, 1.82) is 0 Å². The van der Waals surface area contributed by atoms with Crippen LogP contribution in [0.2, 0.25) is 5.02 Å². The fourth-order valence-electron chi connectivity index (χ4n) is 3.62. The number of amides is 1. The summed E-state index contributed by atoms with van der Waals surface area (Å²) in [7, 11) is 0. The number of benzene rings is 3. The lowest BCUT2D eigenvalue weighted by molar-refractivity contribution is -0.114. The predicted molar refractivity (Wildman–Crippen MR) is 121 cm³/mol. The zero-order valence-electron chi connectivity index (χ0n) is 16.9. The van der Waals surface area contributed by atoms with Crippen molar-refractivity contribution in [3.05, 3.63) is 76.9 Å². The largest absolute Gasteiger partial charge is 0.449 e. The first-order chi connectivity index (χ1) is 14.9. The van der Waals surface area contributed by atoms with Gasteiger partial charge in [-0.2, -0.15) is 0 Å². The maximum atomic E-state index is 13.7. The highest BCUT2D eigenvalue weighted by Crippen LogP contribution is 2.35. The second-order valence-corrected chi connectivity index (χ2v) is 7.43. The Hall–Kier alpha value is -3.64. The normalized spacial score (nSPS) is 10.9. The third kappa shape index (κ3) is 3.78. The predicted octanol–water partition coefficient (Wildman–Crippen LogP) is 5.64. The topological polar surface area (TPSA) is 77.4 Å². The van der Waals surface area contributed by atoms with Crippen LogP contribution in [0.15, 0.2) is 60.7 Å². The van der Waals surface area contributed by atoms with Gasteiger partial charge in [0.05, 0.1) is 17.8 Å². The monoisotopic (exact) mass is 434 g/mol. The molecule has 156 valence electrons. The fourth-order valence-corrected chi connectivity index (χ4v) is 3.79. The van der Waals surface area contributed by atoms with Crippen LogP contribution in [0.1, 0.15) is 29.9 Å². The first-order valence-electron chi connectivity index (χ1n) is 9.73. The van der Waals surface area contributed by atoms with Crippen LogP contribution in [-0.4, -0.2) is 29.0 Å². The van der Waals surface area contributed by atoms with E-state index in [-0.39, 0.29) is 23.9 Å². The molecule has 1 heterocycles. The van der Waals surface area contributed by atoms with Gasteiger partial charge in [-0.05, 0) is 42.0 Å². The molecule has 1 N–H and O–H groups in total. The molecule has 31 heavy (non-hydrogen) atoms. The van der Waals surface area contributed by atoms with E-state index in [1.807, 2.05) is 30.3 Å². The number of aromatic nitrogens is 1. The van der Waals surface area contributed by atoms with Crippen molar-refractivity contribution in [3.63, 3.8) is 0 Å². The Morgan fingerprint density at radius 3 is 2.45 bits per heavy atom. The molecule has 4 rings (SSSR count). The summed E-state index contributed by atoms with van der Waals surface area (Å²) in [4.78, 5) is 38.5. The molecular weight excluding hydrogens is 416 g/mol. The van der Waals surface area contributed by atoms with E-state index in [4.69, 9.17) is 16.3 Å². The van der Waals surface area contributed by atoms with E-state index in [2.05, 4.69) is 5.32 Å². The second-order valence-electron chi connectivity index (χ2n) is 6.99. The molecule has 0 saturated carbocycles. The van der Waals surface area contributed by atoms with Gasteiger partial charge in [-0.1, -0.05) is 48.0 Å². The van der Waals surface area contributed by atoms with Crippen molar-refractivity contribution in [2.75, 3.05) is 11.9 Å². The molecule has 0 aliphatic rings. The van der Waals surface area contributed by atoms with E-state index in [1.54, 1.807) is 37.3 Å². The number of ketones is 1. The number of carbonyl (C=O) groups is 3. The quantitative estimate of drug-likeness (QED) is 0.421. The average molecular weight is 435 g/mol. The number of nitrogens with zero attached hydrogens (tertiary/aromatic N) is 1. The summed E-state index contributed by atoms with van der Waals surface area (Å²) in [6.07, 6.45) is -0.726. The summed E-state index contributed by atoms with van der Waals surface area (Å²) in [5.74, 6) is -0.791. The molecule has 1 aromatic heterocycles. The minimum absolute atomic E-state index is 0.0150. The Labute approximate surface area is 183 Å². The van der Waals surface area contributed by atoms with Crippen molar-refractivity contribution in [1.82, 2.24) is 4.57 Å². The Morgan fingerprint density at radius 2 is 1.74 bits per heavy atom. The zero-order valence-corrected chi connectivity index (χ0v) is 17.7. The minimum atomic E-state index is -0.726. The number of ether oxygens (including phenoxy) is 1. The van der Waals surface area contributed by atoms with Gasteiger partial charge in [-0.25, -0.2) is 9.36 Å². The highest BCUT2D eigenvalue weighted by atomic mass is 35.5. The molecule has 0 radical (unpaired) electrons. The summed E-state index contributed by atoms with van der Waals surface area (Å²) >= 11 is 6.16. The van der Waals surface area contributed by atoms with Crippen LogP contribution >= 0.6 is 11.6 Å². The molecule has 1 amide bonds. The van der Waals surface area contributed by atoms with Crippen molar-refractivity contribution >= 4 is 56.7 Å². The highest BCUT2D eigenvalue weighted by molar-refractivity contribution is 6.32. The number of rotatable bonds is 4. The van der Waals surface area contributed by atoms with Gasteiger partial charge in [0, 0.05) is 22.9 Å². The Kier molecular flexibility index (Phi) is 5.48. The fraction of sp³-hybridized carbons (Fsp3) is 0.125. The highest BCUT2D eigenvalue weighted by Gasteiger charge is 2.28. The first-order valence-corrected chi connectivity index (χ1v) is 10.1. The van der Waals surface area contributed by atoms with E-state index in [0.717, 1.165) is 10.8 Å². The standard InChI is InChI=1S/C24H19ClN2O4/c1-3-31-24(30)27-20-13-18(25)10-11-19(20)21(26-14(2)28)22(27)23(29)17-9-8-15-6-4-5-7-16(15)12-17/h4-13H,3H2,1-2H3,(H,26,28). The van der Waals surface area contributed by atoms with E-state index in [9.17, 15) is 14.4 Å². The molecular formula is C24H19ClN2O4. The molecule has 0 atom stereocenters. The summed E-state index contributed by atoms with van der Waals surface area (Å²) in [5.41, 5.74) is 1.01. The van der Waals surface area contributed by atoms with Crippen LogP contribution in [0.3, 0.4) is 0 Å². The molecule has 0 aliphatic carbocycles. The molecule has 0 unspecified atom stereocenters. The summed E-state index contributed by atoms with van der Waals surface area (Å²) in [6.45, 7) is 3.14. The first kappa shape index (κ1) is 20.6. The average Bonchev–Trinajstić information content (AvgIpc) is 3.05. The van der Waals surface area contributed by atoms with Crippen LogP contribution < -0.4 is 5.32 Å². The number of hydrogen-bond acceptors (Lipinski definition) is 4. The molecule has 7 heteroatoms. The molecule has 0 saturated heterocycles. The SMILES string of the molecule is CCOC(=O)n1c(C(=O)c2ccc3ccccc3c2)c(NC(C)=O)c2ccc(Cl)cc21. The van der Waals surface area contributed by atoms with Gasteiger partial charge in [0.2, 0.25) is 11.7 Å². The Balaban J connectivity index is 2.01. The van der Waals surface area contributed by atoms with E-state index >= 15 is 0 Å². The molecule has 4 aromatic rings. The lowest BCUT2D eigenvalue weighted by Crippen LogP contribution is -2.21. The lowest BCUT2D eigenvalue weighted by Gasteiger charge is -2.11. The summed E-state index contributed by atoms with van der Waals surface area (Å²) < 4.78 is 6.38. The van der Waals surface area contributed by atoms with Crippen LogP contribution in [0.5, 0.6) is 0 Å². The molecule has 6 nitrogen and oxygen atoms in total. The van der Waals surface area contributed by atoms with Crippen LogP contribution in [0.25, 0.3) is 21.7 Å². The van der Waals surface area contributed by atoms with Gasteiger partial charge in [-0.3, -0.25) is 9.59 Å². The second kappa shape index (κ2) is 8.24. The van der Waals surface area contributed by atoms with Crippen molar-refractivity contribution in [2.45, 2.75) is 13.8 Å². The van der Waals surface area contributed by atoms with Crippen molar-refractivity contribution < 1.29 is 19.1 Å². The zero-order chi connectivity index (χ0) is 22.1. The van der Waals surface area contributed by atoms with Gasteiger partial charge in [0.1, 0.15) is 5.69 Å². The maximum Gasteiger partial charge on any atom is 0.419 e. The third-order valence-electron chi connectivity index (χ3n) is 4.91. The Bertz CT molecular complexity index is 1360. The van der Waals surface area contributed by atoms with Gasteiger partial charge in [0.15, 0.2) is 0 Å². The Morgan fingerprint density at radius 1 is 1.00 bits per heavy atom. The summed E-state index contributed by atoms with van der Waals surface area (Å²) in [6, 6.07) is 17.8. The number of fused-ring (bicyclic) bond motifs is 2. The van der Waals surface area contributed by atoms with Gasteiger partial charge in [0.25, 0.3) is 0 Å². The number of carbonyl (C=O) groups excluding carboxylic acids is 3. The van der Waals surface area contributed by atoms with E-state index in [0.29, 0.717) is 21.5 Å². The van der Waals surface area contributed by atoms with Crippen LogP contribution in [-0.2, 0) is 9.53 Å². The van der Waals surface area contributed by atoms with Crippen LogP contribution in [0.4, 0.5) is 10.5 Å². The molecule has 0 fully saturated rings. The number of hydrogen-bond donors (Lipinski definition) is 1. The van der Waals surface area contributed by atoms with Gasteiger partial charge in [-0.15, -0.1) is 0 Å². The lowest BCUT2D eigenvalue weighted by atomic mass is 10.0. The van der Waals surface area contributed by atoms with Crippen molar-refractivity contribution in [3.8, 4) is 0 Å². The number of halogens is 1. The minimum Gasteiger partial charge on any atom is -0.449 e. The number of nitrogens with one attached hydrogen (secondary N) is 1. The van der Waals surface area contributed by atoms with E-state index in [1.165, 1.54) is 11.5 Å². The molecule has 0 spiro atoms. The van der Waals surface area contributed by atoms with Crippen LogP contribution in [0, 0.1) is 0 Å². The third-order valence-corrected chi connectivity index (χ3v) is 5.14. The van der Waals surface area contributed by atoms with Crippen molar-refractivity contribution in [2.24, 2.45) is 0 Å². The van der Waals surface area contributed by atoms with E-state index < -0.39 is 11.9 Å². The number of anilines is 1. The molecule has 3 aromatic carbocycles. The maximum absolute atomic E-state index is 13.7. The smallest absolute Gasteiger partial charge is 0.419 e. The molecule has 0 aliphatic heterocycles. The summed E-state index contributed by atoms with van der Waals surface area (Å²) in [5, 5.41) is 5.47. The molecule has 0 bridgehead atoms. The van der Waals surface area contributed by atoms with Gasteiger partial charge < -0.3 is 10.1 Å². The van der Waals surface area contributed by atoms with Gasteiger partial charge >= 0.3 is 6.09 Å².